The van der Waals surface area contributed by atoms with E-state index in [9.17, 15) is 9.59 Å². The second-order valence-corrected chi connectivity index (χ2v) is 5.72. The zero-order chi connectivity index (χ0) is 18.5. The normalized spacial score (nSPS) is 11.4. The Kier molecular flexibility index (Phi) is 4.90. The molecule has 1 atom stereocenters. The fourth-order valence-corrected chi connectivity index (χ4v) is 2.45. The predicted octanol–water partition coefficient (Wildman–Crippen LogP) is 2.98. The highest BCUT2D eigenvalue weighted by Crippen LogP contribution is 2.16. The lowest BCUT2D eigenvalue weighted by Crippen LogP contribution is -2.33. The second-order valence-electron chi connectivity index (χ2n) is 5.72. The van der Waals surface area contributed by atoms with Crippen molar-refractivity contribution in [3.8, 4) is 17.3 Å². The van der Waals surface area contributed by atoms with Gasteiger partial charge >= 0.3 is 0 Å². The summed E-state index contributed by atoms with van der Waals surface area (Å²) in [7, 11) is 0. The molecule has 0 aliphatic heterocycles. The van der Waals surface area contributed by atoms with Crippen LogP contribution in [0.5, 0.6) is 0 Å². The summed E-state index contributed by atoms with van der Waals surface area (Å²) in [6.45, 7) is 1.61. The molecule has 1 amide bonds. The summed E-state index contributed by atoms with van der Waals surface area (Å²) in [6, 6.07) is 20.2. The molecule has 0 fully saturated rings. The molecule has 6 nitrogen and oxygen atoms in total. The Labute approximate surface area is 150 Å². The number of hydrogen-bond acceptors (Lipinski definition) is 4. The molecule has 0 aliphatic rings. The molecule has 128 valence electrons. The number of benzene rings is 2. The van der Waals surface area contributed by atoms with E-state index >= 15 is 0 Å². The molecule has 6 heteroatoms. The number of carbonyl (C=O) groups is 1. The SMILES string of the molecule is CC(C(=O)Nc1ccc(C#N)cc1)n1nc(-c2ccccc2)ccc1=O. The summed E-state index contributed by atoms with van der Waals surface area (Å²) < 4.78 is 1.17. The monoisotopic (exact) mass is 344 g/mol. The van der Waals surface area contributed by atoms with Crippen molar-refractivity contribution in [2.45, 2.75) is 13.0 Å². The summed E-state index contributed by atoms with van der Waals surface area (Å²) in [4.78, 5) is 24.7. The van der Waals surface area contributed by atoms with E-state index in [4.69, 9.17) is 5.26 Å². The van der Waals surface area contributed by atoms with E-state index in [1.54, 1.807) is 37.3 Å². The number of carbonyl (C=O) groups excluding carboxylic acids is 1. The van der Waals surface area contributed by atoms with Gasteiger partial charge in [0, 0.05) is 17.3 Å². The van der Waals surface area contributed by atoms with Crippen molar-refractivity contribution >= 4 is 11.6 Å². The molecule has 0 saturated heterocycles. The van der Waals surface area contributed by atoms with Gasteiger partial charge in [0.25, 0.3) is 5.56 Å². The maximum Gasteiger partial charge on any atom is 0.267 e. The third-order valence-electron chi connectivity index (χ3n) is 3.92. The second kappa shape index (κ2) is 7.45. The van der Waals surface area contributed by atoms with Gasteiger partial charge in [-0.1, -0.05) is 30.3 Å². The van der Waals surface area contributed by atoms with Gasteiger partial charge in [-0.15, -0.1) is 0 Å². The Bertz CT molecular complexity index is 1020. The zero-order valence-electron chi connectivity index (χ0n) is 14.1. The van der Waals surface area contributed by atoms with Gasteiger partial charge in [0.2, 0.25) is 5.91 Å². The zero-order valence-corrected chi connectivity index (χ0v) is 14.1. The Morgan fingerprint density at radius 1 is 1.08 bits per heavy atom. The van der Waals surface area contributed by atoms with Crippen LogP contribution in [-0.2, 0) is 4.79 Å². The Balaban J connectivity index is 1.84. The third kappa shape index (κ3) is 3.68. The predicted molar refractivity (Wildman–Crippen MR) is 98.4 cm³/mol. The standard InChI is InChI=1S/C20H16N4O2/c1-14(20(26)22-17-9-7-15(13-21)8-10-17)24-19(25)12-11-18(23-24)16-5-3-2-4-6-16/h2-12,14H,1H3,(H,22,26). The number of aromatic nitrogens is 2. The van der Waals surface area contributed by atoms with Crippen LogP contribution in [0.1, 0.15) is 18.5 Å². The van der Waals surface area contributed by atoms with Gasteiger partial charge < -0.3 is 5.32 Å². The van der Waals surface area contributed by atoms with E-state index < -0.39 is 6.04 Å². The average molecular weight is 344 g/mol. The molecule has 0 saturated carbocycles. The molecule has 3 aromatic rings. The van der Waals surface area contributed by atoms with Crippen LogP contribution in [-0.4, -0.2) is 15.7 Å². The first-order chi connectivity index (χ1) is 12.6. The van der Waals surface area contributed by atoms with Crippen LogP contribution in [0.25, 0.3) is 11.3 Å². The maximum atomic E-state index is 12.5. The van der Waals surface area contributed by atoms with E-state index in [2.05, 4.69) is 10.4 Å². The lowest BCUT2D eigenvalue weighted by atomic mass is 10.1. The minimum Gasteiger partial charge on any atom is -0.324 e. The topological polar surface area (TPSA) is 87.8 Å². The van der Waals surface area contributed by atoms with Crippen molar-refractivity contribution in [1.82, 2.24) is 9.78 Å². The highest BCUT2D eigenvalue weighted by Gasteiger charge is 2.18. The molecule has 0 radical (unpaired) electrons. The Hall–Kier alpha value is -3.72. The summed E-state index contributed by atoms with van der Waals surface area (Å²) in [5.41, 5.74) is 2.17. The summed E-state index contributed by atoms with van der Waals surface area (Å²) in [6.07, 6.45) is 0. The van der Waals surface area contributed by atoms with Gasteiger partial charge in [-0.25, -0.2) is 4.68 Å². The molecule has 0 bridgehead atoms. The van der Waals surface area contributed by atoms with Crippen molar-refractivity contribution in [2.24, 2.45) is 0 Å². The summed E-state index contributed by atoms with van der Waals surface area (Å²) in [5, 5.41) is 15.9. The molecule has 1 N–H and O–H groups in total. The minimum atomic E-state index is -0.790. The maximum absolute atomic E-state index is 12.5. The molecule has 1 aromatic heterocycles. The molecule has 26 heavy (non-hydrogen) atoms. The molecule has 2 aromatic carbocycles. The van der Waals surface area contributed by atoms with Crippen LogP contribution in [0.2, 0.25) is 0 Å². The van der Waals surface area contributed by atoms with Gasteiger partial charge in [0.05, 0.1) is 17.3 Å². The van der Waals surface area contributed by atoms with Crippen LogP contribution in [0.3, 0.4) is 0 Å². The highest BCUT2D eigenvalue weighted by molar-refractivity contribution is 5.93. The average Bonchev–Trinajstić information content (AvgIpc) is 2.69. The molecule has 3 rings (SSSR count). The lowest BCUT2D eigenvalue weighted by molar-refractivity contribution is -0.119. The van der Waals surface area contributed by atoms with Gasteiger partial charge in [-0.05, 0) is 37.3 Å². The van der Waals surface area contributed by atoms with E-state index in [0.717, 1.165) is 5.56 Å². The smallest absolute Gasteiger partial charge is 0.267 e. The van der Waals surface area contributed by atoms with Crippen molar-refractivity contribution in [1.29, 1.82) is 5.26 Å². The fraction of sp³-hybridized carbons (Fsp3) is 0.100. The lowest BCUT2D eigenvalue weighted by Gasteiger charge is -2.15. The number of hydrogen-bond donors (Lipinski definition) is 1. The fourth-order valence-electron chi connectivity index (χ4n) is 2.45. The van der Waals surface area contributed by atoms with Gasteiger partial charge in [0.15, 0.2) is 0 Å². The van der Waals surface area contributed by atoms with Crippen LogP contribution in [0.4, 0.5) is 5.69 Å². The first-order valence-electron chi connectivity index (χ1n) is 8.05. The molecule has 1 unspecified atom stereocenters. The highest BCUT2D eigenvalue weighted by atomic mass is 16.2. The first-order valence-corrected chi connectivity index (χ1v) is 8.05. The van der Waals surface area contributed by atoms with Gasteiger partial charge in [0.1, 0.15) is 6.04 Å². The molecule has 0 spiro atoms. The first kappa shape index (κ1) is 17.1. The van der Waals surface area contributed by atoms with Crippen molar-refractivity contribution in [3.05, 3.63) is 82.6 Å². The quantitative estimate of drug-likeness (QED) is 0.788. The van der Waals surface area contributed by atoms with Crippen molar-refractivity contribution in [2.75, 3.05) is 5.32 Å². The number of anilines is 1. The Morgan fingerprint density at radius 3 is 2.42 bits per heavy atom. The molecular formula is C20H16N4O2. The number of nitriles is 1. The van der Waals surface area contributed by atoms with E-state index in [-0.39, 0.29) is 11.5 Å². The number of rotatable bonds is 4. The van der Waals surface area contributed by atoms with Crippen molar-refractivity contribution < 1.29 is 4.79 Å². The summed E-state index contributed by atoms with van der Waals surface area (Å²) in [5.74, 6) is -0.366. The Morgan fingerprint density at radius 2 is 1.77 bits per heavy atom. The minimum absolute atomic E-state index is 0.354. The van der Waals surface area contributed by atoms with Crippen LogP contribution < -0.4 is 10.9 Å². The van der Waals surface area contributed by atoms with Gasteiger partial charge in [-0.3, -0.25) is 9.59 Å². The van der Waals surface area contributed by atoms with E-state index in [0.29, 0.717) is 16.9 Å². The molecule has 0 aliphatic carbocycles. The largest absolute Gasteiger partial charge is 0.324 e. The number of nitrogens with one attached hydrogen (secondary N) is 1. The van der Waals surface area contributed by atoms with E-state index in [1.807, 2.05) is 36.4 Å². The molecular weight excluding hydrogens is 328 g/mol. The van der Waals surface area contributed by atoms with Crippen LogP contribution in [0, 0.1) is 11.3 Å². The van der Waals surface area contributed by atoms with Crippen molar-refractivity contribution in [3.63, 3.8) is 0 Å². The third-order valence-corrected chi connectivity index (χ3v) is 3.92. The van der Waals surface area contributed by atoms with Crippen LogP contribution >= 0.6 is 0 Å². The number of nitrogens with zero attached hydrogens (tertiary/aromatic N) is 3. The number of amides is 1. The molecule has 1 heterocycles. The van der Waals surface area contributed by atoms with Gasteiger partial charge in [-0.2, -0.15) is 10.4 Å². The van der Waals surface area contributed by atoms with E-state index in [1.165, 1.54) is 10.7 Å². The van der Waals surface area contributed by atoms with Crippen LogP contribution in [0.15, 0.2) is 71.5 Å². The summed E-state index contributed by atoms with van der Waals surface area (Å²) >= 11 is 0.